The molecule has 0 saturated carbocycles. The lowest BCUT2D eigenvalue weighted by molar-refractivity contribution is -0.274. The summed E-state index contributed by atoms with van der Waals surface area (Å²) in [7, 11) is -4.44. The fraction of sp³-hybridized carbons (Fsp3) is 0.308. The molecule has 2 aromatic carbocycles. The number of carbonyl (C=O) groups is 1. The van der Waals surface area contributed by atoms with Gasteiger partial charge in [-0.3, -0.25) is 4.79 Å². The lowest BCUT2D eigenvalue weighted by atomic mass is 10.2. The van der Waals surface area contributed by atoms with Crippen molar-refractivity contribution in [3.63, 3.8) is 0 Å². The third-order valence-corrected chi connectivity index (χ3v) is 9.38. The number of sulfonamides is 1. The van der Waals surface area contributed by atoms with Gasteiger partial charge in [0.25, 0.3) is 0 Å². The van der Waals surface area contributed by atoms with Gasteiger partial charge in [0.15, 0.2) is 10.8 Å². The minimum Gasteiger partial charge on any atom is -0.480 e. The number of alkyl halides is 8. The third kappa shape index (κ3) is 9.36. The summed E-state index contributed by atoms with van der Waals surface area (Å²) in [5, 5.41) is 9.80. The molecule has 1 saturated heterocycles. The highest BCUT2D eigenvalue weighted by molar-refractivity contribution is 7.89. The van der Waals surface area contributed by atoms with E-state index < -0.39 is 70.0 Å². The SMILES string of the molecule is NCc1ccc(OC(F)F)cc1F.O=C(O)[C@H]1CN(c2nc3nc(C(F)(F)F)ncc3s2)CCN1S(=O)(=O)c1ccc(OC(F)(F)F)cc1. The Bertz CT molecular complexity index is 1890. The van der Waals surface area contributed by atoms with Gasteiger partial charge in [-0.25, -0.2) is 22.8 Å². The fourth-order valence-electron chi connectivity index (χ4n) is 4.24. The average Bonchev–Trinajstić information content (AvgIpc) is 3.44. The van der Waals surface area contributed by atoms with Gasteiger partial charge in [0.2, 0.25) is 15.8 Å². The van der Waals surface area contributed by atoms with E-state index in [1.165, 1.54) is 17.0 Å². The van der Waals surface area contributed by atoms with E-state index in [2.05, 4.69) is 24.4 Å². The van der Waals surface area contributed by atoms with E-state index in [1.54, 1.807) is 0 Å². The third-order valence-electron chi connectivity index (χ3n) is 6.41. The topological polar surface area (TPSA) is 161 Å². The number of piperazine rings is 1. The number of rotatable bonds is 8. The zero-order valence-corrected chi connectivity index (χ0v) is 25.8. The maximum Gasteiger partial charge on any atom is 0.573 e. The summed E-state index contributed by atoms with van der Waals surface area (Å²) in [4.78, 5) is 23.5. The number of ether oxygens (including phenoxy) is 2. The van der Waals surface area contributed by atoms with E-state index in [0.717, 1.165) is 47.9 Å². The number of hydrogen-bond donors (Lipinski definition) is 2. The molecule has 0 radical (unpaired) electrons. The molecule has 1 fully saturated rings. The van der Waals surface area contributed by atoms with Crippen molar-refractivity contribution < 1.29 is 67.3 Å². The standard InChI is InChI=1S/C18H13F6N5O5S2.C8H8F3NO/c19-17(20,21)15-25-7-12-13(26-15)27-16(35-12)28-5-6-29(11(8-28)14(30)31)36(32,33)10-3-1-9(2-4-10)34-18(22,23)24;9-7-3-6(13-8(10)11)2-1-5(7)4-12/h1-4,7,11H,5-6,8H2,(H,30,31);1-3,8H,4,12H2/t11-;/m1./s1. The van der Waals surface area contributed by atoms with Crippen molar-refractivity contribution in [3.8, 4) is 11.5 Å². The number of aliphatic carboxylic acids is 1. The Kier molecular flexibility index (Phi) is 11.1. The van der Waals surface area contributed by atoms with E-state index in [1.807, 2.05) is 0 Å². The van der Waals surface area contributed by atoms with Gasteiger partial charge in [-0.1, -0.05) is 17.4 Å². The van der Waals surface area contributed by atoms with Crippen LogP contribution in [0.3, 0.4) is 0 Å². The van der Waals surface area contributed by atoms with Crippen molar-refractivity contribution in [2.75, 3.05) is 24.5 Å². The molecule has 0 amide bonds. The molecule has 49 heavy (non-hydrogen) atoms. The summed E-state index contributed by atoms with van der Waals surface area (Å²) in [6.45, 7) is -3.74. The zero-order valence-electron chi connectivity index (χ0n) is 24.1. The van der Waals surface area contributed by atoms with E-state index in [4.69, 9.17) is 5.73 Å². The molecule has 1 aliphatic heterocycles. The van der Waals surface area contributed by atoms with Crippen molar-refractivity contribution in [2.24, 2.45) is 5.73 Å². The smallest absolute Gasteiger partial charge is 0.480 e. The molecule has 0 spiro atoms. The van der Waals surface area contributed by atoms with Crippen molar-refractivity contribution in [1.82, 2.24) is 19.3 Å². The quantitative estimate of drug-likeness (QED) is 0.237. The Hall–Kier alpha value is -4.48. The van der Waals surface area contributed by atoms with Gasteiger partial charge in [-0.15, -0.1) is 13.2 Å². The van der Waals surface area contributed by atoms with Gasteiger partial charge in [-0.2, -0.15) is 31.2 Å². The Morgan fingerprint density at radius 1 is 1.04 bits per heavy atom. The van der Waals surface area contributed by atoms with Gasteiger partial charge >= 0.3 is 25.1 Å². The number of thiazole rings is 1. The molecule has 2 aromatic heterocycles. The molecule has 0 unspecified atom stereocenters. The normalized spacial score (nSPS) is 16.0. The molecule has 3 N–H and O–H groups in total. The van der Waals surface area contributed by atoms with Gasteiger partial charge in [0.1, 0.15) is 23.4 Å². The Morgan fingerprint density at radius 3 is 2.24 bits per heavy atom. The zero-order chi connectivity index (χ0) is 36.3. The molecule has 5 rings (SSSR count). The molecule has 1 atom stereocenters. The van der Waals surface area contributed by atoms with Crippen LogP contribution < -0.4 is 20.1 Å². The summed E-state index contributed by atoms with van der Waals surface area (Å²) in [5.74, 6) is -4.41. The largest absolute Gasteiger partial charge is 0.573 e. The molecule has 0 bridgehead atoms. The predicted molar refractivity (Wildman–Crippen MR) is 152 cm³/mol. The monoisotopic (exact) mass is 748 g/mol. The van der Waals surface area contributed by atoms with Crippen LogP contribution in [0.4, 0.5) is 44.6 Å². The van der Waals surface area contributed by atoms with Crippen molar-refractivity contribution >= 4 is 42.8 Å². The lowest BCUT2D eigenvalue weighted by Gasteiger charge is -2.38. The van der Waals surface area contributed by atoms with E-state index in [9.17, 15) is 57.8 Å². The fourth-order valence-corrected chi connectivity index (χ4v) is 6.72. The van der Waals surface area contributed by atoms with Crippen LogP contribution in [0.5, 0.6) is 11.5 Å². The molecule has 4 aromatic rings. The van der Waals surface area contributed by atoms with Crippen LogP contribution in [0, 0.1) is 5.82 Å². The van der Waals surface area contributed by atoms with Crippen LogP contribution in [-0.2, 0) is 27.5 Å². The highest BCUT2D eigenvalue weighted by Gasteiger charge is 2.41. The van der Waals surface area contributed by atoms with Crippen molar-refractivity contribution in [1.29, 1.82) is 0 Å². The van der Waals surface area contributed by atoms with Crippen LogP contribution >= 0.6 is 11.3 Å². The minimum atomic E-state index is -4.98. The first kappa shape index (κ1) is 37.3. The second-order valence-electron chi connectivity index (χ2n) is 9.65. The summed E-state index contributed by atoms with van der Waals surface area (Å²) in [6, 6.07) is 5.09. The van der Waals surface area contributed by atoms with Crippen molar-refractivity contribution in [2.45, 2.75) is 36.6 Å². The number of anilines is 1. The van der Waals surface area contributed by atoms with Gasteiger partial charge in [-0.05, 0) is 30.3 Å². The van der Waals surface area contributed by atoms with Crippen LogP contribution in [0.2, 0.25) is 0 Å². The number of aromatic nitrogens is 3. The predicted octanol–water partition coefficient (Wildman–Crippen LogP) is 4.85. The molecular formula is C26H21F9N6O6S2. The van der Waals surface area contributed by atoms with Gasteiger partial charge in [0, 0.05) is 37.8 Å². The number of nitrogens with two attached hydrogens (primary N) is 1. The summed E-state index contributed by atoms with van der Waals surface area (Å²) < 4.78 is 147. The Morgan fingerprint density at radius 2 is 1.69 bits per heavy atom. The van der Waals surface area contributed by atoms with E-state index >= 15 is 0 Å². The molecule has 1 aliphatic rings. The summed E-state index contributed by atoms with van der Waals surface area (Å²) in [6.07, 6.45) is -8.83. The highest BCUT2D eigenvalue weighted by Crippen LogP contribution is 2.33. The molecule has 0 aliphatic carbocycles. The second-order valence-corrected chi connectivity index (χ2v) is 12.5. The molecule has 12 nitrogen and oxygen atoms in total. The number of fused-ring (bicyclic) bond motifs is 1. The van der Waals surface area contributed by atoms with Crippen LogP contribution in [-0.4, -0.2) is 77.4 Å². The number of hydrogen-bond acceptors (Lipinski definition) is 11. The first-order chi connectivity index (χ1) is 22.8. The Balaban J connectivity index is 0.000000350. The lowest BCUT2D eigenvalue weighted by Crippen LogP contribution is -2.58. The average molecular weight is 749 g/mol. The summed E-state index contributed by atoms with van der Waals surface area (Å²) in [5.41, 5.74) is 5.19. The minimum absolute atomic E-state index is 0.0286. The van der Waals surface area contributed by atoms with Gasteiger partial charge in [0.05, 0.1) is 15.8 Å². The van der Waals surface area contributed by atoms with Crippen LogP contribution in [0.15, 0.2) is 53.6 Å². The number of benzene rings is 2. The molecule has 23 heteroatoms. The summed E-state index contributed by atoms with van der Waals surface area (Å²) >= 11 is 0.904. The number of nitrogens with zero attached hydrogens (tertiary/aromatic N) is 5. The first-order valence-corrected chi connectivity index (χ1v) is 15.5. The van der Waals surface area contributed by atoms with Crippen LogP contribution in [0.25, 0.3) is 10.3 Å². The van der Waals surface area contributed by atoms with E-state index in [0.29, 0.717) is 4.31 Å². The number of halogens is 9. The van der Waals surface area contributed by atoms with E-state index in [-0.39, 0.29) is 46.4 Å². The first-order valence-electron chi connectivity index (χ1n) is 13.3. The maximum absolute atomic E-state index is 13.1. The maximum atomic E-state index is 13.1. The number of carboxylic acids is 1. The molecule has 266 valence electrons. The Labute approximate surface area is 273 Å². The molecule has 3 heterocycles. The number of carboxylic acid groups (broad SMARTS) is 1. The highest BCUT2D eigenvalue weighted by atomic mass is 32.2. The van der Waals surface area contributed by atoms with Crippen molar-refractivity contribution in [3.05, 3.63) is 65.9 Å². The van der Waals surface area contributed by atoms with Gasteiger partial charge < -0.3 is 25.2 Å². The molecular weight excluding hydrogens is 727 g/mol. The second kappa shape index (κ2) is 14.6. The van der Waals surface area contributed by atoms with Crippen LogP contribution in [0.1, 0.15) is 11.4 Å².